The van der Waals surface area contributed by atoms with E-state index in [4.69, 9.17) is 11.2 Å². The van der Waals surface area contributed by atoms with Gasteiger partial charge in [0.2, 0.25) is 11.8 Å². The number of rotatable bonds is 10. The molecule has 8 heteroatoms. The fourth-order valence-electron chi connectivity index (χ4n) is 4.11. The van der Waals surface area contributed by atoms with E-state index in [1.165, 1.54) is 0 Å². The number of alkyl carbamates (subject to hydrolysis) is 1. The number of benzene rings is 1. The molecule has 3 amide bonds. The number of nitrogens with zero attached hydrogens (tertiary/aromatic N) is 1. The first kappa shape index (κ1) is 28.6. The Bertz CT molecular complexity index is 933. The third-order valence-electron chi connectivity index (χ3n) is 5.94. The number of terminal acetylenes is 1. The second kappa shape index (κ2) is 12.9. The molecule has 2 N–H and O–H groups in total. The van der Waals surface area contributed by atoms with Crippen LogP contribution in [-0.4, -0.2) is 52.3 Å². The minimum Gasteiger partial charge on any atom is -0.444 e. The molecular weight excluding hydrogens is 462 g/mol. The van der Waals surface area contributed by atoms with Crippen molar-refractivity contribution in [1.82, 2.24) is 15.5 Å². The molecule has 1 saturated carbocycles. The van der Waals surface area contributed by atoms with Crippen LogP contribution in [0.2, 0.25) is 0 Å². The van der Waals surface area contributed by atoms with E-state index in [0.29, 0.717) is 11.1 Å². The number of amides is 3. The molecule has 0 aliphatic heterocycles. The van der Waals surface area contributed by atoms with Crippen molar-refractivity contribution in [2.75, 3.05) is 5.75 Å². The van der Waals surface area contributed by atoms with Crippen LogP contribution in [0.4, 0.5) is 4.79 Å². The number of carbonyl (C=O) groups excluding carboxylic acids is 3. The summed E-state index contributed by atoms with van der Waals surface area (Å²) in [6.07, 6.45) is 9.29. The molecule has 1 aliphatic carbocycles. The van der Waals surface area contributed by atoms with Gasteiger partial charge in [0.15, 0.2) is 0 Å². The largest absolute Gasteiger partial charge is 0.444 e. The summed E-state index contributed by atoms with van der Waals surface area (Å²) in [6, 6.07) is 5.08. The Morgan fingerprint density at radius 1 is 1.23 bits per heavy atom. The average Bonchev–Trinajstić information content (AvgIpc) is 2.74. The third kappa shape index (κ3) is 7.93. The van der Waals surface area contributed by atoms with Crippen LogP contribution in [0.3, 0.4) is 0 Å². The number of hydrogen-bond acceptors (Lipinski definition) is 5. The van der Waals surface area contributed by atoms with Gasteiger partial charge in [-0.3, -0.25) is 9.59 Å². The average molecular weight is 502 g/mol. The topological polar surface area (TPSA) is 87.7 Å². The number of carbonyl (C=O) groups is 3. The lowest BCUT2D eigenvalue weighted by Crippen LogP contribution is -2.58. The van der Waals surface area contributed by atoms with Gasteiger partial charge < -0.3 is 20.3 Å². The van der Waals surface area contributed by atoms with E-state index in [-0.39, 0.29) is 29.7 Å². The maximum atomic E-state index is 13.9. The summed E-state index contributed by atoms with van der Waals surface area (Å²) in [5.41, 5.74) is 0.424. The fourth-order valence-corrected chi connectivity index (χ4v) is 4.36. The molecule has 0 aromatic heterocycles. The quantitative estimate of drug-likeness (QED) is 0.331. The summed E-state index contributed by atoms with van der Waals surface area (Å²) in [6.45, 7) is 9.25. The molecule has 0 saturated heterocycles. The molecule has 0 radical (unpaired) electrons. The number of thiol groups is 1. The van der Waals surface area contributed by atoms with Crippen molar-refractivity contribution in [3.05, 3.63) is 35.4 Å². The van der Waals surface area contributed by atoms with Crippen LogP contribution in [0.15, 0.2) is 24.3 Å². The predicted molar refractivity (Wildman–Crippen MR) is 141 cm³/mol. The third-order valence-corrected chi connectivity index (χ3v) is 6.31. The normalized spacial score (nSPS) is 16.1. The Hall–Kier alpha value is -2.66. The molecule has 0 heterocycles. The molecule has 35 heavy (non-hydrogen) atoms. The van der Waals surface area contributed by atoms with Crippen LogP contribution in [0.1, 0.15) is 83.9 Å². The van der Waals surface area contributed by atoms with Gasteiger partial charge in [-0.05, 0) is 65.0 Å². The monoisotopic (exact) mass is 501 g/mol. The Morgan fingerprint density at radius 2 is 1.89 bits per heavy atom. The zero-order valence-electron chi connectivity index (χ0n) is 21.5. The van der Waals surface area contributed by atoms with Crippen LogP contribution < -0.4 is 10.6 Å². The summed E-state index contributed by atoms with van der Waals surface area (Å²) < 4.78 is 5.35. The van der Waals surface area contributed by atoms with E-state index >= 15 is 0 Å². The molecule has 192 valence electrons. The minimum absolute atomic E-state index is 0.0542. The van der Waals surface area contributed by atoms with Crippen LogP contribution >= 0.6 is 12.6 Å². The lowest BCUT2D eigenvalue weighted by Gasteiger charge is -2.44. The molecule has 0 bridgehead atoms. The van der Waals surface area contributed by atoms with Crippen LogP contribution in [0.25, 0.3) is 0 Å². The molecule has 3 atom stereocenters. The van der Waals surface area contributed by atoms with Crippen LogP contribution in [-0.2, 0) is 14.3 Å². The maximum absolute atomic E-state index is 13.9. The van der Waals surface area contributed by atoms with Gasteiger partial charge in [0.1, 0.15) is 17.7 Å². The van der Waals surface area contributed by atoms with E-state index in [2.05, 4.69) is 36.1 Å². The lowest BCUT2D eigenvalue weighted by atomic mass is 9.87. The summed E-state index contributed by atoms with van der Waals surface area (Å²) in [7, 11) is 0. The van der Waals surface area contributed by atoms with E-state index < -0.39 is 23.8 Å². The SMILES string of the molecule is C#Cc1ccccc1C(C(=O)NC(C)CCC)N(C(=O)C(CS)NC(=O)OC(C)(C)C)C1CCC1. The smallest absolute Gasteiger partial charge is 0.408 e. The van der Waals surface area contributed by atoms with Gasteiger partial charge in [-0.15, -0.1) is 6.42 Å². The van der Waals surface area contributed by atoms with Gasteiger partial charge >= 0.3 is 6.09 Å². The Balaban J connectivity index is 2.48. The fraction of sp³-hybridized carbons (Fsp3) is 0.593. The van der Waals surface area contributed by atoms with Crippen LogP contribution in [0, 0.1) is 12.3 Å². The molecular formula is C27H39N3O4S. The first-order valence-electron chi connectivity index (χ1n) is 12.3. The summed E-state index contributed by atoms with van der Waals surface area (Å²) >= 11 is 4.33. The molecule has 0 spiro atoms. The van der Waals surface area contributed by atoms with Crippen molar-refractivity contribution in [2.24, 2.45) is 0 Å². The minimum atomic E-state index is -0.963. The van der Waals surface area contributed by atoms with Crippen molar-refractivity contribution in [1.29, 1.82) is 0 Å². The molecule has 2 rings (SSSR count). The molecule has 7 nitrogen and oxygen atoms in total. The number of nitrogens with one attached hydrogen (secondary N) is 2. The van der Waals surface area contributed by atoms with Gasteiger partial charge in [0, 0.05) is 23.4 Å². The van der Waals surface area contributed by atoms with Crippen molar-refractivity contribution in [3.8, 4) is 12.3 Å². The van der Waals surface area contributed by atoms with Crippen molar-refractivity contribution < 1.29 is 19.1 Å². The zero-order chi connectivity index (χ0) is 26.2. The van der Waals surface area contributed by atoms with Crippen molar-refractivity contribution >= 4 is 30.5 Å². The molecule has 1 aromatic rings. The lowest BCUT2D eigenvalue weighted by molar-refractivity contribution is -0.147. The van der Waals surface area contributed by atoms with Crippen molar-refractivity contribution in [3.63, 3.8) is 0 Å². The second-order valence-electron chi connectivity index (χ2n) is 10.0. The number of hydrogen-bond donors (Lipinski definition) is 3. The molecule has 3 unspecified atom stereocenters. The van der Waals surface area contributed by atoms with Gasteiger partial charge in [0.05, 0.1) is 0 Å². The van der Waals surface area contributed by atoms with E-state index in [1.54, 1.807) is 37.8 Å². The zero-order valence-corrected chi connectivity index (χ0v) is 22.4. The first-order chi connectivity index (χ1) is 16.5. The molecule has 1 fully saturated rings. The summed E-state index contributed by atoms with van der Waals surface area (Å²) in [5, 5.41) is 5.71. The Morgan fingerprint density at radius 3 is 2.40 bits per heavy atom. The highest BCUT2D eigenvalue weighted by Gasteiger charge is 2.42. The van der Waals surface area contributed by atoms with Gasteiger partial charge in [-0.25, -0.2) is 4.79 Å². The second-order valence-corrected chi connectivity index (χ2v) is 10.4. The molecule has 1 aliphatic rings. The summed E-state index contributed by atoms with van der Waals surface area (Å²) in [4.78, 5) is 41.7. The van der Waals surface area contributed by atoms with Crippen LogP contribution in [0.5, 0.6) is 0 Å². The van der Waals surface area contributed by atoms with Gasteiger partial charge in [-0.2, -0.15) is 12.6 Å². The highest BCUT2D eigenvalue weighted by molar-refractivity contribution is 7.80. The highest BCUT2D eigenvalue weighted by Crippen LogP contribution is 2.35. The van der Waals surface area contributed by atoms with E-state index in [0.717, 1.165) is 32.1 Å². The Kier molecular flexibility index (Phi) is 10.5. The molecule has 1 aromatic carbocycles. The number of ether oxygens (including phenoxy) is 1. The summed E-state index contributed by atoms with van der Waals surface area (Å²) in [5.74, 6) is 2.04. The Labute approximate surface area is 215 Å². The highest BCUT2D eigenvalue weighted by atomic mass is 32.1. The van der Waals surface area contributed by atoms with Gasteiger partial charge in [0.25, 0.3) is 0 Å². The van der Waals surface area contributed by atoms with Gasteiger partial charge in [-0.1, -0.05) is 37.5 Å². The van der Waals surface area contributed by atoms with E-state index in [9.17, 15) is 14.4 Å². The standard InChI is InChI=1S/C27H39N3O4S/c1-7-12-18(3)28-24(31)23(21-16-10-9-13-19(21)8-2)30(20-14-11-15-20)25(32)22(17-35)29-26(33)34-27(4,5)6/h2,9-10,13,16,18,20,22-23,35H,7,11-12,14-15,17H2,1,3-6H3,(H,28,31)(H,29,33). The first-order valence-corrected chi connectivity index (χ1v) is 12.9. The van der Waals surface area contributed by atoms with Crippen molar-refractivity contribution in [2.45, 2.75) is 96.5 Å². The maximum Gasteiger partial charge on any atom is 0.408 e. The predicted octanol–water partition coefficient (Wildman–Crippen LogP) is 4.22. The van der Waals surface area contributed by atoms with E-state index in [1.807, 2.05) is 19.1 Å².